The van der Waals surface area contributed by atoms with E-state index < -0.39 is 17.8 Å². The summed E-state index contributed by atoms with van der Waals surface area (Å²) in [7, 11) is 0. The molecular weight excluding hydrogens is 377 g/mol. The third kappa shape index (κ3) is 3.49. The van der Waals surface area contributed by atoms with Crippen molar-refractivity contribution in [3.63, 3.8) is 0 Å². The number of carboxylic acid groups (broad SMARTS) is 1. The normalized spacial score (nSPS) is 15.3. The van der Waals surface area contributed by atoms with Gasteiger partial charge in [0.1, 0.15) is 0 Å². The highest BCUT2D eigenvalue weighted by Crippen LogP contribution is 2.31. The van der Waals surface area contributed by atoms with E-state index in [9.17, 15) is 14.4 Å². The molecule has 0 saturated carbocycles. The summed E-state index contributed by atoms with van der Waals surface area (Å²) in [5, 5.41) is 9.61. The number of rotatable bonds is 4. The van der Waals surface area contributed by atoms with Crippen molar-refractivity contribution in [1.29, 1.82) is 0 Å². The molecule has 5 nitrogen and oxygen atoms in total. The second-order valence-corrected chi connectivity index (χ2v) is 6.50. The third-order valence-corrected chi connectivity index (χ3v) is 4.71. The van der Waals surface area contributed by atoms with Gasteiger partial charge in [0.25, 0.3) is 11.8 Å². The summed E-state index contributed by atoms with van der Waals surface area (Å²) >= 11 is 11.9. The predicted molar refractivity (Wildman–Crippen MR) is 99.1 cm³/mol. The minimum Gasteiger partial charge on any atom is -0.481 e. The lowest BCUT2D eigenvalue weighted by molar-refractivity contribution is -0.137. The van der Waals surface area contributed by atoms with Gasteiger partial charge in [-0.05, 0) is 35.4 Å². The summed E-state index contributed by atoms with van der Waals surface area (Å²) < 4.78 is 0. The van der Waals surface area contributed by atoms with E-state index in [0.717, 1.165) is 4.90 Å². The number of fused-ring (bicyclic) bond motifs is 1. The minimum absolute atomic E-state index is 0.194. The molecule has 2 aromatic rings. The van der Waals surface area contributed by atoms with Crippen LogP contribution in [0, 0.1) is 0 Å². The Kier molecular flexibility index (Phi) is 5.11. The number of halogens is 2. The molecule has 0 atom stereocenters. The maximum atomic E-state index is 12.9. The van der Waals surface area contributed by atoms with E-state index in [-0.39, 0.29) is 13.0 Å². The van der Waals surface area contributed by atoms with Crippen LogP contribution in [0.3, 0.4) is 0 Å². The molecule has 0 aliphatic carbocycles. The van der Waals surface area contributed by atoms with Gasteiger partial charge in [-0.3, -0.25) is 19.3 Å². The number of carbonyl (C=O) groups is 3. The fraction of sp³-hybridized carbons (Fsp3) is 0.105. The summed E-state index contributed by atoms with van der Waals surface area (Å²) in [6, 6.07) is 11.7. The molecule has 0 bridgehead atoms. The highest BCUT2D eigenvalue weighted by molar-refractivity contribution is 6.42. The lowest BCUT2D eigenvalue weighted by atomic mass is 9.92. The van der Waals surface area contributed by atoms with E-state index >= 15 is 0 Å². The number of nitrogens with zero attached hydrogens (tertiary/aromatic N) is 1. The topological polar surface area (TPSA) is 74.7 Å². The van der Waals surface area contributed by atoms with Crippen molar-refractivity contribution in [2.24, 2.45) is 0 Å². The molecule has 3 rings (SSSR count). The van der Waals surface area contributed by atoms with Crippen LogP contribution in [0.1, 0.15) is 27.9 Å². The first-order chi connectivity index (χ1) is 12.4. The summed E-state index contributed by atoms with van der Waals surface area (Å²) in [4.78, 5) is 37.2. The second kappa shape index (κ2) is 7.32. The van der Waals surface area contributed by atoms with Crippen LogP contribution in [-0.4, -0.2) is 34.3 Å². The summed E-state index contributed by atoms with van der Waals surface area (Å²) in [6.07, 6.45) is 1.29. The zero-order valence-electron chi connectivity index (χ0n) is 13.4. The molecule has 1 aliphatic heterocycles. The van der Waals surface area contributed by atoms with Gasteiger partial charge in [-0.2, -0.15) is 0 Å². The summed E-state index contributed by atoms with van der Waals surface area (Å²) in [5.74, 6) is -2.13. The predicted octanol–water partition coefficient (Wildman–Crippen LogP) is 3.99. The number of benzene rings is 2. The molecule has 0 saturated heterocycles. The van der Waals surface area contributed by atoms with Crippen LogP contribution < -0.4 is 0 Å². The Bertz CT molecular complexity index is 952. The number of hydrogen-bond donors (Lipinski definition) is 1. The van der Waals surface area contributed by atoms with Gasteiger partial charge in [0.2, 0.25) is 0 Å². The van der Waals surface area contributed by atoms with Crippen molar-refractivity contribution < 1.29 is 19.5 Å². The lowest BCUT2D eigenvalue weighted by Gasteiger charge is -2.28. The van der Waals surface area contributed by atoms with Crippen molar-refractivity contribution in [2.75, 3.05) is 6.54 Å². The first-order valence-electron chi connectivity index (χ1n) is 7.72. The van der Waals surface area contributed by atoms with E-state index in [1.165, 1.54) is 0 Å². The van der Waals surface area contributed by atoms with E-state index in [2.05, 4.69) is 0 Å². The maximum absolute atomic E-state index is 12.9. The van der Waals surface area contributed by atoms with Crippen LogP contribution in [0.5, 0.6) is 0 Å². The van der Waals surface area contributed by atoms with Crippen LogP contribution in [0.2, 0.25) is 10.0 Å². The smallest absolute Gasteiger partial charge is 0.305 e. The van der Waals surface area contributed by atoms with Crippen molar-refractivity contribution in [3.05, 3.63) is 69.2 Å². The van der Waals surface area contributed by atoms with Crippen LogP contribution >= 0.6 is 23.2 Å². The van der Waals surface area contributed by atoms with Crippen molar-refractivity contribution in [3.8, 4) is 0 Å². The van der Waals surface area contributed by atoms with Gasteiger partial charge < -0.3 is 5.11 Å². The highest BCUT2D eigenvalue weighted by atomic mass is 35.5. The van der Waals surface area contributed by atoms with Crippen LogP contribution in [0.15, 0.2) is 42.5 Å². The van der Waals surface area contributed by atoms with Crippen molar-refractivity contribution in [2.45, 2.75) is 6.42 Å². The lowest BCUT2D eigenvalue weighted by Crippen LogP contribution is -2.42. The van der Waals surface area contributed by atoms with Crippen LogP contribution in [0.4, 0.5) is 0 Å². The zero-order valence-corrected chi connectivity index (χ0v) is 14.9. The quantitative estimate of drug-likeness (QED) is 0.633. The van der Waals surface area contributed by atoms with Crippen molar-refractivity contribution in [1.82, 2.24) is 4.90 Å². The van der Waals surface area contributed by atoms with Gasteiger partial charge in [0.05, 0.1) is 16.5 Å². The molecule has 0 unspecified atom stereocenters. The fourth-order valence-corrected chi connectivity index (χ4v) is 3.03. The standard InChI is InChI=1S/C19H13Cl2NO4/c20-15-6-5-11(10-16(15)21)9-14-12-3-1-2-4-13(12)18(25)22(19(14)26)8-7-17(23)24/h1-6,9-10H,7-8H2,(H,23,24)/b14-9-. The van der Waals surface area contributed by atoms with Gasteiger partial charge in [-0.1, -0.05) is 47.5 Å². The number of hydrogen-bond acceptors (Lipinski definition) is 3. The van der Waals surface area contributed by atoms with Crippen LogP contribution in [-0.2, 0) is 9.59 Å². The number of amides is 2. The Balaban J connectivity index is 2.09. The van der Waals surface area contributed by atoms with Gasteiger partial charge in [0.15, 0.2) is 0 Å². The molecule has 0 aromatic heterocycles. The molecule has 7 heteroatoms. The molecule has 1 heterocycles. The highest BCUT2D eigenvalue weighted by Gasteiger charge is 2.34. The first kappa shape index (κ1) is 18.2. The SMILES string of the molecule is O=C(O)CCN1C(=O)/C(=C\c2ccc(Cl)c(Cl)c2)c2ccccc2C1=O. The molecular formula is C19H13Cl2NO4. The van der Waals surface area contributed by atoms with E-state index in [1.54, 1.807) is 48.5 Å². The molecule has 1 aliphatic rings. The van der Waals surface area contributed by atoms with E-state index in [0.29, 0.717) is 32.3 Å². The number of aliphatic carboxylic acids is 1. The average Bonchev–Trinajstić information content (AvgIpc) is 2.61. The largest absolute Gasteiger partial charge is 0.481 e. The zero-order chi connectivity index (χ0) is 18.8. The maximum Gasteiger partial charge on any atom is 0.305 e. The Morgan fingerprint density at radius 3 is 2.35 bits per heavy atom. The average molecular weight is 390 g/mol. The third-order valence-electron chi connectivity index (χ3n) is 3.97. The Hall–Kier alpha value is -2.63. The molecule has 1 N–H and O–H groups in total. The number of carboxylic acids is 1. The molecule has 0 radical (unpaired) electrons. The first-order valence-corrected chi connectivity index (χ1v) is 8.48. The van der Waals surface area contributed by atoms with E-state index in [1.807, 2.05) is 0 Å². The molecule has 0 fully saturated rings. The molecule has 132 valence electrons. The molecule has 0 spiro atoms. The Morgan fingerprint density at radius 2 is 1.69 bits per heavy atom. The van der Waals surface area contributed by atoms with Gasteiger partial charge >= 0.3 is 5.97 Å². The summed E-state index contributed by atoms with van der Waals surface area (Å²) in [5.41, 5.74) is 1.79. The second-order valence-electron chi connectivity index (χ2n) is 5.68. The number of imide groups is 1. The summed E-state index contributed by atoms with van der Waals surface area (Å²) in [6.45, 7) is -0.194. The van der Waals surface area contributed by atoms with Gasteiger partial charge in [-0.25, -0.2) is 0 Å². The Morgan fingerprint density at radius 1 is 1.00 bits per heavy atom. The number of carbonyl (C=O) groups excluding carboxylic acids is 2. The van der Waals surface area contributed by atoms with E-state index in [4.69, 9.17) is 28.3 Å². The van der Waals surface area contributed by atoms with Crippen LogP contribution in [0.25, 0.3) is 11.6 Å². The molecule has 26 heavy (non-hydrogen) atoms. The fourth-order valence-electron chi connectivity index (χ4n) is 2.72. The monoisotopic (exact) mass is 389 g/mol. The minimum atomic E-state index is -1.08. The Labute approximate surface area is 159 Å². The van der Waals surface area contributed by atoms with Gasteiger partial charge in [0, 0.05) is 17.7 Å². The van der Waals surface area contributed by atoms with Gasteiger partial charge in [-0.15, -0.1) is 0 Å². The molecule has 2 amide bonds. The van der Waals surface area contributed by atoms with Crippen molar-refractivity contribution >= 4 is 52.6 Å². The molecule has 2 aromatic carbocycles.